The monoisotopic (exact) mass is 402 g/mol. The van der Waals surface area contributed by atoms with Crippen LogP contribution in [-0.4, -0.2) is 5.11 Å². The van der Waals surface area contributed by atoms with E-state index in [1.54, 1.807) is 11.3 Å². The molecule has 12 heavy (non-hydrogen) atoms. The Morgan fingerprint density at radius 3 is 2.83 bits per heavy atom. The summed E-state index contributed by atoms with van der Waals surface area (Å²) in [5.74, 6) is 0.405. The lowest BCUT2D eigenvalue weighted by Crippen LogP contribution is -1.79. The first-order valence-corrected chi connectivity index (χ1v) is 6.28. The molecule has 0 aliphatic heterocycles. The number of hydrogen-bond acceptors (Lipinski definition) is 2. The maximum Gasteiger partial charge on any atom is 0.142 e. The highest BCUT2D eigenvalue weighted by Gasteiger charge is 2.08. The van der Waals surface area contributed by atoms with Gasteiger partial charge in [-0.15, -0.1) is 11.3 Å². The second-order valence-corrected chi connectivity index (χ2v) is 5.54. The van der Waals surface area contributed by atoms with Gasteiger partial charge in [0, 0.05) is 10.1 Å². The molecular formula is C8H4I2OS. The van der Waals surface area contributed by atoms with E-state index < -0.39 is 0 Å². The van der Waals surface area contributed by atoms with Crippen molar-refractivity contribution >= 4 is 66.6 Å². The van der Waals surface area contributed by atoms with Crippen LogP contribution in [0.4, 0.5) is 0 Å². The summed E-state index contributed by atoms with van der Waals surface area (Å²) >= 11 is 6.03. The minimum Gasteiger partial charge on any atom is -0.506 e. The van der Waals surface area contributed by atoms with Crippen molar-refractivity contribution in [1.82, 2.24) is 0 Å². The minimum atomic E-state index is 0.405. The Labute approximate surface area is 101 Å². The van der Waals surface area contributed by atoms with Crippen LogP contribution in [0.3, 0.4) is 0 Å². The predicted octanol–water partition coefficient (Wildman–Crippen LogP) is 3.82. The molecule has 0 bridgehead atoms. The third-order valence-electron chi connectivity index (χ3n) is 1.62. The predicted molar refractivity (Wildman–Crippen MR) is 68.9 cm³/mol. The van der Waals surface area contributed by atoms with Gasteiger partial charge in [-0.1, -0.05) is 0 Å². The Hall–Kier alpha value is 0.440. The minimum absolute atomic E-state index is 0.405. The van der Waals surface area contributed by atoms with E-state index >= 15 is 0 Å². The molecule has 1 aromatic carbocycles. The first-order chi connectivity index (χ1) is 5.70. The fraction of sp³-hybridized carbons (Fsp3) is 0. The van der Waals surface area contributed by atoms with E-state index in [0.29, 0.717) is 5.75 Å². The van der Waals surface area contributed by atoms with Gasteiger partial charge in [0.1, 0.15) is 5.75 Å². The molecule has 0 amide bonds. The summed E-state index contributed by atoms with van der Waals surface area (Å²) in [6, 6.07) is 4.05. The first kappa shape index (κ1) is 9.01. The zero-order valence-corrected chi connectivity index (χ0v) is 11.0. The maximum atomic E-state index is 9.61. The standard InChI is InChI=1S/C8H4I2OS/c9-5-3-6-4(1-2-12-6)7(10)8(5)11/h1-3,11H. The maximum absolute atomic E-state index is 9.61. The SMILES string of the molecule is Oc1c(I)cc2sccc2c1I. The smallest absolute Gasteiger partial charge is 0.142 e. The topological polar surface area (TPSA) is 20.2 Å². The molecule has 2 aromatic rings. The lowest BCUT2D eigenvalue weighted by Gasteiger charge is -2.00. The number of thiophene rings is 1. The van der Waals surface area contributed by atoms with Crippen molar-refractivity contribution in [3.8, 4) is 5.75 Å². The molecule has 4 heteroatoms. The van der Waals surface area contributed by atoms with Crippen molar-refractivity contribution in [1.29, 1.82) is 0 Å². The Morgan fingerprint density at radius 1 is 1.33 bits per heavy atom. The highest BCUT2D eigenvalue weighted by molar-refractivity contribution is 14.1. The van der Waals surface area contributed by atoms with Crippen LogP contribution in [-0.2, 0) is 0 Å². The van der Waals surface area contributed by atoms with Crippen LogP contribution < -0.4 is 0 Å². The Morgan fingerprint density at radius 2 is 2.08 bits per heavy atom. The van der Waals surface area contributed by atoms with Gasteiger partial charge in [0.05, 0.1) is 7.14 Å². The molecule has 62 valence electrons. The van der Waals surface area contributed by atoms with Crippen molar-refractivity contribution in [2.75, 3.05) is 0 Å². The van der Waals surface area contributed by atoms with E-state index in [1.165, 1.54) is 4.70 Å². The van der Waals surface area contributed by atoms with Gasteiger partial charge in [0.2, 0.25) is 0 Å². The quantitative estimate of drug-likeness (QED) is 0.665. The van der Waals surface area contributed by atoms with Crippen LogP contribution in [0.25, 0.3) is 10.1 Å². The highest BCUT2D eigenvalue weighted by atomic mass is 127. The van der Waals surface area contributed by atoms with E-state index in [4.69, 9.17) is 0 Å². The highest BCUT2D eigenvalue weighted by Crippen LogP contribution is 2.35. The molecule has 0 radical (unpaired) electrons. The van der Waals surface area contributed by atoms with E-state index in [0.717, 1.165) is 12.5 Å². The zero-order valence-electron chi connectivity index (χ0n) is 5.84. The number of phenolic OH excluding ortho intramolecular Hbond substituents is 1. The van der Waals surface area contributed by atoms with Crippen molar-refractivity contribution in [2.24, 2.45) is 0 Å². The van der Waals surface area contributed by atoms with Crippen LogP contribution >= 0.6 is 56.5 Å². The van der Waals surface area contributed by atoms with E-state index in [1.807, 2.05) is 17.5 Å². The Bertz CT molecular complexity index is 436. The molecule has 1 nitrogen and oxygen atoms in total. The van der Waals surface area contributed by atoms with Crippen LogP contribution in [0.15, 0.2) is 17.5 Å². The van der Waals surface area contributed by atoms with Gasteiger partial charge < -0.3 is 5.11 Å². The van der Waals surface area contributed by atoms with E-state index in [2.05, 4.69) is 45.2 Å². The van der Waals surface area contributed by atoms with Crippen LogP contribution in [0.1, 0.15) is 0 Å². The largest absolute Gasteiger partial charge is 0.506 e. The van der Waals surface area contributed by atoms with E-state index in [9.17, 15) is 5.11 Å². The van der Waals surface area contributed by atoms with Gasteiger partial charge in [-0.3, -0.25) is 0 Å². The summed E-state index contributed by atoms with van der Waals surface area (Å²) in [6.45, 7) is 0. The number of rotatable bonds is 0. The van der Waals surface area contributed by atoms with Gasteiger partial charge >= 0.3 is 0 Å². The molecule has 0 aliphatic rings. The number of benzene rings is 1. The molecule has 2 rings (SSSR count). The third kappa shape index (κ3) is 1.33. The summed E-state index contributed by atoms with van der Waals surface area (Å²) < 4.78 is 3.12. The fourth-order valence-electron chi connectivity index (χ4n) is 1.03. The van der Waals surface area contributed by atoms with Gasteiger partial charge in [0.25, 0.3) is 0 Å². The number of halogens is 2. The van der Waals surface area contributed by atoms with Crippen LogP contribution in [0, 0.1) is 7.14 Å². The lowest BCUT2D eigenvalue weighted by atomic mass is 10.2. The summed E-state index contributed by atoms with van der Waals surface area (Å²) in [5, 5.41) is 12.8. The average Bonchev–Trinajstić information content (AvgIpc) is 2.48. The van der Waals surface area contributed by atoms with Gasteiger partial charge in [-0.2, -0.15) is 0 Å². The van der Waals surface area contributed by atoms with Crippen molar-refractivity contribution < 1.29 is 5.11 Å². The van der Waals surface area contributed by atoms with Crippen molar-refractivity contribution in [3.63, 3.8) is 0 Å². The van der Waals surface area contributed by atoms with Gasteiger partial charge in [0.15, 0.2) is 0 Å². The molecule has 0 unspecified atom stereocenters. The molecule has 1 aromatic heterocycles. The number of aromatic hydroxyl groups is 1. The van der Waals surface area contributed by atoms with Crippen LogP contribution in [0.5, 0.6) is 5.75 Å². The Kier molecular flexibility index (Phi) is 2.48. The molecule has 0 fully saturated rings. The molecule has 0 saturated heterocycles. The molecule has 0 saturated carbocycles. The number of fused-ring (bicyclic) bond motifs is 1. The molecule has 0 spiro atoms. The molecule has 0 aliphatic carbocycles. The normalized spacial score (nSPS) is 10.8. The summed E-state index contributed by atoms with van der Waals surface area (Å²) in [6.07, 6.45) is 0. The van der Waals surface area contributed by atoms with Gasteiger partial charge in [-0.05, 0) is 62.7 Å². The van der Waals surface area contributed by atoms with Gasteiger partial charge in [-0.25, -0.2) is 0 Å². The fourth-order valence-corrected chi connectivity index (χ4v) is 4.12. The van der Waals surface area contributed by atoms with Crippen LogP contribution in [0.2, 0.25) is 0 Å². The summed E-state index contributed by atoms with van der Waals surface area (Å²) in [7, 11) is 0. The lowest BCUT2D eigenvalue weighted by molar-refractivity contribution is 0.469. The summed E-state index contributed by atoms with van der Waals surface area (Å²) in [5.41, 5.74) is 0. The van der Waals surface area contributed by atoms with Crippen molar-refractivity contribution in [3.05, 3.63) is 24.7 Å². The van der Waals surface area contributed by atoms with E-state index in [-0.39, 0.29) is 0 Å². The molecule has 1 N–H and O–H groups in total. The molecule has 0 atom stereocenters. The second kappa shape index (κ2) is 3.30. The zero-order chi connectivity index (χ0) is 8.72. The Balaban J connectivity index is 2.94. The number of hydrogen-bond donors (Lipinski definition) is 1. The van der Waals surface area contributed by atoms with Crippen molar-refractivity contribution in [2.45, 2.75) is 0 Å². The molecule has 1 heterocycles. The molecular weight excluding hydrogens is 398 g/mol. The second-order valence-electron chi connectivity index (χ2n) is 2.35. The average molecular weight is 402 g/mol. The first-order valence-electron chi connectivity index (χ1n) is 3.24. The third-order valence-corrected chi connectivity index (χ3v) is 4.40. The number of phenols is 1. The summed E-state index contributed by atoms with van der Waals surface area (Å²) in [4.78, 5) is 0.